The summed E-state index contributed by atoms with van der Waals surface area (Å²) < 4.78 is 25.9. The normalized spacial score (nSPS) is 10.3. The highest BCUT2D eigenvalue weighted by molar-refractivity contribution is 5.94. The number of hydrogen-bond acceptors (Lipinski definition) is 2. The topological polar surface area (TPSA) is 41.1 Å². The third kappa shape index (κ3) is 3.56. The number of halogens is 2. The predicted octanol–water partition coefficient (Wildman–Crippen LogP) is 3.24. The van der Waals surface area contributed by atoms with Crippen LogP contribution in [0.2, 0.25) is 0 Å². The van der Waals surface area contributed by atoms with Gasteiger partial charge in [-0.05, 0) is 48.4 Å². The van der Waals surface area contributed by atoms with Gasteiger partial charge in [0.15, 0.2) is 11.6 Å². The van der Waals surface area contributed by atoms with Crippen molar-refractivity contribution in [2.45, 2.75) is 13.5 Å². The lowest BCUT2D eigenvalue weighted by molar-refractivity contribution is 0.0951. The molecule has 0 heterocycles. The maximum atomic E-state index is 13.1. The lowest BCUT2D eigenvalue weighted by Gasteiger charge is -2.09. The van der Waals surface area contributed by atoms with E-state index in [1.54, 1.807) is 12.1 Å². The fraction of sp³-hybridized carbons (Fsp3) is 0.188. The fourth-order valence-corrected chi connectivity index (χ4v) is 2.02. The van der Waals surface area contributed by atoms with Crippen LogP contribution in [-0.2, 0) is 6.54 Å². The summed E-state index contributed by atoms with van der Waals surface area (Å²) in [5.41, 5.74) is 2.94. The molecule has 110 valence electrons. The second-order valence-corrected chi connectivity index (χ2v) is 4.71. The molecule has 0 aromatic heterocycles. The Morgan fingerprint density at radius 2 is 1.86 bits per heavy atom. The van der Waals surface area contributed by atoms with E-state index < -0.39 is 11.6 Å². The van der Waals surface area contributed by atoms with Gasteiger partial charge in [-0.3, -0.25) is 4.79 Å². The number of nitrogens with one attached hydrogen (secondary N) is 2. The van der Waals surface area contributed by atoms with Crippen LogP contribution in [0.3, 0.4) is 0 Å². The number of rotatable bonds is 4. The van der Waals surface area contributed by atoms with Crippen molar-refractivity contribution in [3.05, 3.63) is 64.7 Å². The third-order valence-corrected chi connectivity index (χ3v) is 3.20. The summed E-state index contributed by atoms with van der Waals surface area (Å²) in [7, 11) is 1.81. The first-order valence-electron chi connectivity index (χ1n) is 6.52. The van der Waals surface area contributed by atoms with Crippen molar-refractivity contribution in [1.82, 2.24) is 5.32 Å². The first-order valence-corrected chi connectivity index (χ1v) is 6.52. The Hall–Kier alpha value is -2.43. The van der Waals surface area contributed by atoms with Crippen molar-refractivity contribution >= 4 is 11.6 Å². The Balaban J connectivity index is 2.04. The van der Waals surface area contributed by atoms with Crippen LogP contribution in [0.1, 0.15) is 21.5 Å². The largest absolute Gasteiger partial charge is 0.388 e. The standard InChI is InChI=1S/C16H16F2N2O/c1-10-7-12(4-6-15(10)19-2)16(21)20-9-11-3-5-13(17)14(18)8-11/h3-8,19H,9H2,1-2H3,(H,20,21). The minimum atomic E-state index is -0.920. The van der Waals surface area contributed by atoms with Crippen molar-refractivity contribution in [2.24, 2.45) is 0 Å². The molecule has 0 atom stereocenters. The zero-order valence-electron chi connectivity index (χ0n) is 11.8. The summed E-state index contributed by atoms with van der Waals surface area (Å²) in [6.45, 7) is 2.04. The highest BCUT2D eigenvalue weighted by atomic mass is 19.2. The molecule has 0 radical (unpaired) electrons. The molecule has 21 heavy (non-hydrogen) atoms. The van der Waals surface area contributed by atoms with E-state index in [-0.39, 0.29) is 12.5 Å². The number of aryl methyl sites for hydroxylation is 1. The molecule has 0 spiro atoms. The Morgan fingerprint density at radius 1 is 1.10 bits per heavy atom. The van der Waals surface area contributed by atoms with E-state index in [4.69, 9.17) is 0 Å². The molecule has 3 nitrogen and oxygen atoms in total. The average Bonchev–Trinajstić information content (AvgIpc) is 2.48. The molecule has 0 saturated carbocycles. The number of carbonyl (C=O) groups excluding carboxylic acids is 1. The van der Waals surface area contributed by atoms with Crippen molar-refractivity contribution in [3.8, 4) is 0 Å². The molecule has 0 fully saturated rings. The second kappa shape index (κ2) is 6.35. The van der Waals surface area contributed by atoms with Gasteiger partial charge in [0.1, 0.15) is 0 Å². The van der Waals surface area contributed by atoms with Gasteiger partial charge in [-0.2, -0.15) is 0 Å². The average molecular weight is 290 g/mol. The van der Waals surface area contributed by atoms with Crippen molar-refractivity contribution in [3.63, 3.8) is 0 Å². The molecule has 0 aliphatic heterocycles. The summed E-state index contributed by atoms with van der Waals surface area (Å²) in [5.74, 6) is -2.08. The first-order chi connectivity index (χ1) is 10.0. The van der Waals surface area contributed by atoms with Gasteiger partial charge >= 0.3 is 0 Å². The van der Waals surface area contributed by atoms with Gasteiger partial charge in [-0.1, -0.05) is 6.07 Å². The molecule has 2 rings (SSSR count). The molecular weight excluding hydrogens is 274 g/mol. The van der Waals surface area contributed by atoms with E-state index in [1.165, 1.54) is 6.07 Å². The van der Waals surface area contributed by atoms with Crippen LogP contribution < -0.4 is 10.6 Å². The molecule has 2 aromatic carbocycles. The Morgan fingerprint density at radius 3 is 2.48 bits per heavy atom. The SMILES string of the molecule is CNc1ccc(C(=O)NCc2ccc(F)c(F)c2)cc1C. The van der Waals surface area contributed by atoms with Gasteiger partial charge < -0.3 is 10.6 Å². The quantitative estimate of drug-likeness (QED) is 0.907. The second-order valence-electron chi connectivity index (χ2n) is 4.71. The number of hydrogen-bond donors (Lipinski definition) is 2. The molecule has 0 bridgehead atoms. The lowest BCUT2D eigenvalue weighted by atomic mass is 10.1. The minimum absolute atomic E-state index is 0.142. The van der Waals surface area contributed by atoms with E-state index >= 15 is 0 Å². The van der Waals surface area contributed by atoms with E-state index in [0.29, 0.717) is 11.1 Å². The van der Waals surface area contributed by atoms with Gasteiger partial charge in [-0.25, -0.2) is 8.78 Å². The molecule has 2 aromatic rings. The van der Waals surface area contributed by atoms with Crippen LogP contribution in [0.4, 0.5) is 14.5 Å². The van der Waals surface area contributed by atoms with Gasteiger partial charge in [-0.15, -0.1) is 0 Å². The number of amides is 1. The number of anilines is 1. The maximum absolute atomic E-state index is 13.1. The zero-order chi connectivity index (χ0) is 15.4. The summed E-state index contributed by atoms with van der Waals surface area (Å²) in [6.07, 6.45) is 0. The van der Waals surface area contributed by atoms with Gasteiger partial charge in [0.2, 0.25) is 0 Å². The summed E-state index contributed by atoms with van der Waals surface area (Å²) in [6, 6.07) is 8.86. The number of benzene rings is 2. The zero-order valence-corrected chi connectivity index (χ0v) is 11.8. The lowest BCUT2D eigenvalue weighted by Crippen LogP contribution is -2.23. The Bertz CT molecular complexity index is 671. The van der Waals surface area contributed by atoms with Crippen molar-refractivity contribution < 1.29 is 13.6 Å². The van der Waals surface area contributed by atoms with Crippen LogP contribution >= 0.6 is 0 Å². The van der Waals surface area contributed by atoms with E-state index in [0.717, 1.165) is 23.4 Å². The molecule has 1 amide bonds. The van der Waals surface area contributed by atoms with Crippen LogP contribution in [0, 0.1) is 18.6 Å². The van der Waals surface area contributed by atoms with Gasteiger partial charge in [0, 0.05) is 24.8 Å². The highest BCUT2D eigenvalue weighted by Crippen LogP contribution is 2.16. The molecular formula is C16H16F2N2O. The molecule has 0 saturated heterocycles. The summed E-state index contributed by atoms with van der Waals surface area (Å²) in [5, 5.41) is 5.70. The van der Waals surface area contributed by atoms with Crippen LogP contribution in [0.25, 0.3) is 0 Å². The van der Waals surface area contributed by atoms with E-state index in [9.17, 15) is 13.6 Å². The van der Waals surface area contributed by atoms with Crippen LogP contribution in [0.5, 0.6) is 0 Å². The summed E-state index contributed by atoms with van der Waals surface area (Å²) >= 11 is 0. The molecule has 0 unspecified atom stereocenters. The highest BCUT2D eigenvalue weighted by Gasteiger charge is 2.08. The number of carbonyl (C=O) groups is 1. The first kappa shape index (κ1) is 15.0. The van der Waals surface area contributed by atoms with Crippen molar-refractivity contribution in [1.29, 1.82) is 0 Å². The van der Waals surface area contributed by atoms with Gasteiger partial charge in [0.05, 0.1) is 0 Å². The van der Waals surface area contributed by atoms with Crippen molar-refractivity contribution in [2.75, 3.05) is 12.4 Å². The fourth-order valence-electron chi connectivity index (χ4n) is 2.02. The monoisotopic (exact) mass is 290 g/mol. The summed E-state index contributed by atoms with van der Waals surface area (Å²) in [4.78, 5) is 12.0. The molecule has 2 N–H and O–H groups in total. The van der Waals surface area contributed by atoms with E-state index in [2.05, 4.69) is 10.6 Å². The smallest absolute Gasteiger partial charge is 0.251 e. The van der Waals surface area contributed by atoms with Crippen LogP contribution in [0.15, 0.2) is 36.4 Å². The molecule has 5 heteroatoms. The Labute approximate surface area is 122 Å². The Kier molecular flexibility index (Phi) is 4.52. The minimum Gasteiger partial charge on any atom is -0.388 e. The van der Waals surface area contributed by atoms with Crippen LogP contribution in [-0.4, -0.2) is 13.0 Å². The van der Waals surface area contributed by atoms with Gasteiger partial charge in [0.25, 0.3) is 5.91 Å². The molecule has 0 aliphatic rings. The molecule has 0 aliphatic carbocycles. The van der Waals surface area contributed by atoms with E-state index in [1.807, 2.05) is 20.0 Å². The maximum Gasteiger partial charge on any atom is 0.251 e. The predicted molar refractivity (Wildman–Crippen MR) is 78.3 cm³/mol. The third-order valence-electron chi connectivity index (χ3n) is 3.20.